The van der Waals surface area contributed by atoms with Crippen LogP contribution in [0.4, 0.5) is 26.3 Å². The van der Waals surface area contributed by atoms with Crippen LogP contribution in [0, 0.1) is 5.92 Å². The summed E-state index contributed by atoms with van der Waals surface area (Å²) in [5, 5.41) is 5.79. The van der Waals surface area contributed by atoms with Gasteiger partial charge in [0.15, 0.2) is 0 Å². The number of hydrogen-bond donors (Lipinski definition) is 2. The Bertz CT molecular complexity index is 862. The molecule has 1 saturated heterocycles. The normalized spacial score (nSPS) is 23.4. The van der Waals surface area contributed by atoms with Gasteiger partial charge in [-0.1, -0.05) is 6.92 Å². The standard InChI is InChI=1S/C24H31F6N3O2/c1-2-20-4-3-9-33(20)21(34)14-31-13-15-5-7-19(8-6-15)32-22(35)16-10-17(23(25,26)27)12-18(11-16)24(28,29)30/h10-12,15,19-20,31H,2-9,13-14H2,1H3,(H,32,35)/t15-,19-,20?. The highest BCUT2D eigenvalue weighted by Gasteiger charge is 2.38. The van der Waals surface area contributed by atoms with Gasteiger partial charge < -0.3 is 15.5 Å². The molecule has 3 rings (SSSR count). The molecule has 35 heavy (non-hydrogen) atoms. The molecule has 1 aromatic carbocycles. The number of benzene rings is 1. The third-order valence-corrected chi connectivity index (χ3v) is 6.91. The Morgan fingerprint density at radius 3 is 2.09 bits per heavy atom. The molecule has 1 unspecified atom stereocenters. The average Bonchev–Trinajstić information content (AvgIpc) is 3.28. The van der Waals surface area contributed by atoms with E-state index in [1.54, 1.807) is 0 Å². The summed E-state index contributed by atoms with van der Waals surface area (Å²) in [5.74, 6) is -0.582. The third-order valence-electron chi connectivity index (χ3n) is 6.91. The second-order valence-electron chi connectivity index (χ2n) is 9.41. The number of nitrogens with zero attached hydrogens (tertiary/aromatic N) is 1. The summed E-state index contributed by atoms with van der Waals surface area (Å²) in [5.41, 5.74) is -3.69. The number of rotatable bonds is 7. The van der Waals surface area contributed by atoms with E-state index in [0.717, 1.165) is 38.6 Å². The smallest absolute Gasteiger partial charge is 0.349 e. The van der Waals surface area contributed by atoms with E-state index < -0.39 is 35.0 Å². The van der Waals surface area contributed by atoms with Gasteiger partial charge in [-0.05, 0) is 75.6 Å². The largest absolute Gasteiger partial charge is 0.416 e. The number of hydrogen-bond acceptors (Lipinski definition) is 3. The first kappa shape index (κ1) is 27.3. The number of carbonyl (C=O) groups is 2. The van der Waals surface area contributed by atoms with E-state index in [4.69, 9.17) is 0 Å². The first-order valence-corrected chi connectivity index (χ1v) is 12.0. The summed E-state index contributed by atoms with van der Waals surface area (Å²) >= 11 is 0. The Hall–Kier alpha value is -2.30. The Morgan fingerprint density at radius 2 is 1.54 bits per heavy atom. The molecule has 1 aliphatic heterocycles. The quantitative estimate of drug-likeness (QED) is 0.511. The van der Waals surface area contributed by atoms with Crippen LogP contribution in [0.3, 0.4) is 0 Å². The molecule has 0 spiro atoms. The molecule has 196 valence electrons. The summed E-state index contributed by atoms with van der Waals surface area (Å²) in [4.78, 5) is 26.8. The van der Waals surface area contributed by atoms with Crippen molar-refractivity contribution in [2.75, 3.05) is 19.6 Å². The van der Waals surface area contributed by atoms with Gasteiger partial charge in [0.1, 0.15) is 0 Å². The number of nitrogens with one attached hydrogen (secondary N) is 2. The first-order chi connectivity index (χ1) is 16.4. The molecule has 0 bridgehead atoms. The van der Waals surface area contributed by atoms with Crippen molar-refractivity contribution in [2.24, 2.45) is 5.92 Å². The zero-order chi connectivity index (χ0) is 25.8. The minimum atomic E-state index is -5.00. The van der Waals surface area contributed by atoms with Crippen LogP contribution >= 0.6 is 0 Å². The van der Waals surface area contributed by atoms with Gasteiger partial charge in [0.05, 0.1) is 17.7 Å². The zero-order valence-corrected chi connectivity index (χ0v) is 19.6. The monoisotopic (exact) mass is 507 g/mol. The van der Waals surface area contributed by atoms with Crippen molar-refractivity contribution in [3.8, 4) is 0 Å². The summed E-state index contributed by atoms with van der Waals surface area (Å²) in [6, 6.07) is 0.874. The first-order valence-electron chi connectivity index (χ1n) is 12.0. The SMILES string of the molecule is CCC1CCCN1C(=O)CNC[C@H]1CC[C@H](NC(=O)c2cc(C(F)(F)F)cc(C(F)(F)F)c2)CC1. The van der Waals surface area contributed by atoms with Crippen LogP contribution in [-0.4, -0.2) is 48.4 Å². The minimum Gasteiger partial charge on any atom is -0.349 e. The Kier molecular flexibility index (Phi) is 8.72. The molecule has 0 radical (unpaired) electrons. The molecule has 1 atom stereocenters. The maximum Gasteiger partial charge on any atom is 0.416 e. The maximum absolute atomic E-state index is 13.0. The Morgan fingerprint density at radius 1 is 0.943 bits per heavy atom. The van der Waals surface area contributed by atoms with Crippen molar-refractivity contribution in [2.45, 2.75) is 76.3 Å². The molecule has 1 aliphatic carbocycles. The van der Waals surface area contributed by atoms with E-state index in [9.17, 15) is 35.9 Å². The van der Waals surface area contributed by atoms with Gasteiger partial charge in [-0.25, -0.2) is 0 Å². The van der Waals surface area contributed by atoms with Crippen LogP contribution in [0.25, 0.3) is 0 Å². The molecule has 1 saturated carbocycles. The Labute approximate surface area is 200 Å². The van der Waals surface area contributed by atoms with Crippen molar-refractivity contribution in [1.82, 2.24) is 15.5 Å². The van der Waals surface area contributed by atoms with E-state index in [1.165, 1.54) is 0 Å². The van der Waals surface area contributed by atoms with Crippen LogP contribution in [0.1, 0.15) is 73.4 Å². The van der Waals surface area contributed by atoms with E-state index in [1.807, 2.05) is 4.90 Å². The van der Waals surface area contributed by atoms with Gasteiger partial charge in [0, 0.05) is 24.2 Å². The summed E-state index contributed by atoms with van der Waals surface area (Å²) in [7, 11) is 0. The molecular weight excluding hydrogens is 476 g/mol. The molecule has 1 aromatic rings. The van der Waals surface area contributed by atoms with Gasteiger partial charge in [-0.3, -0.25) is 9.59 Å². The average molecular weight is 508 g/mol. The highest BCUT2D eigenvalue weighted by Crippen LogP contribution is 2.36. The number of amides is 2. The summed E-state index contributed by atoms with van der Waals surface area (Å²) in [6.45, 7) is 3.77. The molecule has 1 heterocycles. The van der Waals surface area contributed by atoms with Crippen LogP contribution in [0.2, 0.25) is 0 Å². The van der Waals surface area contributed by atoms with Gasteiger partial charge in [0.2, 0.25) is 5.91 Å². The molecule has 2 amide bonds. The molecule has 2 N–H and O–H groups in total. The highest BCUT2D eigenvalue weighted by molar-refractivity contribution is 5.94. The van der Waals surface area contributed by atoms with E-state index in [-0.39, 0.29) is 30.5 Å². The van der Waals surface area contributed by atoms with Crippen molar-refractivity contribution in [3.63, 3.8) is 0 Å². The predicted octanol–water partition coefficient (Wildman–Crippen LogP) is 5.00. The lowest BCUT2D eigenvalue weighted by Gasteiger charge is -2.30. The fourth-order valence-electron chi connectivity index (χ4n) is 4.94. The van der Waals surface area contributed by atoms with Crippen LogP contribution < -0.4 is 10.6 Å². The van der Waals surface area contributed by atoms with Gasteiger partial charge >= 0.3 is 12.4 Å². The van der Waals surface area contributed by atoms with Crippen molar-refractivity contribution in [1.29, 1.82) is 0 Å². The molecule has 11 heteroatoms. The molecule has 5 nitrogen and oxygen atoms in total. The number of likely N-dealkylation sites (tertiary alicyclic amines) is 1. The van der Waals surface area contributed by atoms with Crippen molar-refractivity contribution in [3.05, 3.63) is 34.9 Å². The fraction of sp³-hybridized carbons (Fsp3) is 0.667. The van der Waals surface area contributed by atoms with Crippen LogP contribution in [0.15, 0.2) is 18.2 Å². The lowest BCUT2D eigenvalue weighted by molar-refractivity contribution is -0.143. The van der Waals surface area contributed by atoms with E-state index in [2.05, 4.69) is 17.6 Å². The van der Waals surface area contributed by atoms with E-state index >= 15 is 0 Å². The lowest BCUT2D eigenvalue weighted by atomic mass is 9.86. The third kappa shape index (κ3) is 7.35. The van der Waals surface area contributed by atoms with Gasteiger partial charge in [-0.15, -0.1) is 0 Å². The van der Waals surface area contributed by atoms with Crippen LogP contribution in [-0.2, 0) is 17.1 Å². The van der Waals surface area contributed by atoms with E-state index in [0.29, 0.717) is 37.6 Å². The number of alkyl halides is 6. The number of halogens is 6. The molecular formula is C24H31F6N3O2. The molecule has 0 aromatic heterocycles. The van der Waals surface area contributed by atoms with Crippen molar-refractivity contribution >= 4 is 11.8 Å². The summed E-state index contributed by atoms with van der Waals surface area (Å²) in [6.07, 6.45) is -4.44. The topological polar surface area (TPSA) is 61.4 Å². The maximum atomic E-state index is 13.0. The van der Waals surface area contributed by atoms with Gasteiger partial charge in [0.25, 0.3) is 5.91 Å². The molecule has 2 fully saturated rings. The zero-order valence-electron chi connectivity index (χ0n) is 19.6. The van der Waals surface area contributed by atoms with Crippen molar-refractivity contribution < 1.29 is 35.9 Å². The molecule has 2 aliphatic rings. The number of carbonyl (C=O) groups excluding carboxylic acids is 2. The second kappa shape index (κ2) is 11.2. The second-order valence-corrected chi connectivity index (χ2v) is 9.41. The fourth-order valence-corrected chi connectivity index (χ4v) is 4.94. The minimum absolute atomic E-state index is 0.00581. The van der Waals surface area contributed by atoms with Gasteiger partial charge in [-0.2, -0.15) is 26.3 Å². The Balaban J connectivity index is 1.48. The predicted molar refractivity (Wildman–Crippen MR) is 118 cm³/mol. The highest BCUT2D eigenvalue weighted by atomic mass is 19.4. The summed E-state index contributed by atoms with van der Waals surface area (Å²) < 4.78 is 78.3. The van der Waals surface area contributed by atoms with Crippen LogP contribution in [0.5, 0.6) is 0 Å². The lowest BCUT2D eigenvalue weighted by Crippen LogP contribution is -2.43.